The van der Waals surface area contributed by atoms with Gasteiger partial charge in [0.2, 0.25) is 11.9 Å². The van der Waals surface area contributed by atoms with Gasteiger partial charge in [-0.2, -0.15) is 0 Å². The molecule has 4 N–H and O–H groups in total. The van der Waals surface area contributed by atoms with Crippen LogP contribution in [0.1, 0.15) is 39.2 Å². The van der Waals surface area contributed by atoms with E-state index in [1.54, 1.807) is 25.2 Å². The van der Waals surface area contributed by atoms with Crippen molar-refractivity contribution in [2.24, 2.45) is 28.2 Å². The highest BCUT2D eigenvalue weighted by molar-refractivity contribution is 6.35. The molecule has 0 radical (unpaired) electrons. The van der Waals surface area contributed by atoms with Gasteiger partial charge in [0.1, 0.15) is 0 Å². The molecule has 12 heteroatoms. The highest BCUT2D eigenvalue weighted by Crippen LogP contribution is 2.61. The highest BCUT2D eigenvalue weighted by atomic mass is 35.5. The number of likely N-dealkylation sites (N-methyl/N-ethyl adjacent to an activating group) is 1. The van der Waals surface area contributed by atoms with Gasteiger partial charge in [-0.1, -0.05) is 50.0 Å². The lowest BCUT2D eigenvalue weighted by Gasteiger charge is -2.61. The molecule has 4 fully saturated rings. The van der Waals surface area contributed by atoms with Gasteiger partial charge in [0, 0.05) is 42.4 Å². The van der Waals surface area contributed by atoms with Crippen LogP contribution in [0.15, 0.2) is 46.2 Å². The number of aromatic nitrogens is 2. The number of aliphatic imine (C=N–C) groups is 1. The van der Waals surface area contributed by atoms with Crippen molar-refractivity contribution >= 4 is 57.6 Å². The Balaban J connectivity index is 1.30. The second kappa shape index (κ2) is 12.5. The summed E-state index contributed by atoms with van der Waals surface area (Å²) in [7, 11) is 1.56. The zero-order valence-corrected chi connectivity index (χ0v) is 27.6. The Kier molecular flexibility index (Phi) is 8.76. The molecule has 3 aromatic rings. The molecule has 2 heterocycles. The van der Waals surface area contributed by atoms with Gasteiger partial charge in [-0.3, -0.25) is 14.2 Å². The molecule has 0 spiro atoms. The van der Waals surface area contributed by atoms with Crippen LogP contribution in [0, 0.1) is 23.2 Å². The number of guanidine groups is 1. The monoisotopic (exact) mass is 653 g/mol. The van der Waals surface area contributed by atoms with Crippen LogP contribution in [-0.2, 0) is 17.8 Å². The number of likely N-dealkylation sites (tertiary alicyclic amines) is 1. The van der Waals surface area contributed by atoms with Crippen molar-refractivity contribution in [1.29, 1.82) is 0 Å². The van der Waals surface area contributed by atoms with Gasteiger partial charge in [0.05, 0.1) is 29.6 Å². The zero-order chi connectivity index (χ0) is 32.0. The molecule has 4 atom stereocenters. The summed E-state index contributed by atoms with van der Waals surface area (Å²) in [5.74, 6) is 2.61. The number of hydrogen-bond acceptors (Lipinski definition) is 6. The smallest absolute Gasteiger partial charge is 0.262 e. The van der Waals surface area contributed by atoms with E-state index in [-0.39, 0.29) is 36.1 Å². The van der Waals surface area contributed by atoms with Crippen LogP contribution >= 0.6 is 23.2 Å². The number of fused-ring (bicyclic) bond motifs is 3. The van der Waals surface area contributed by atoms with E-state index < -0.39 is 0 Å². The van der Waals surface area contributed by atoms with E-state index in [9.17, 15) is 14.7 Å². The van der Waals surface area contributed by atoms with Crippen LogP contribution < -0.4 is 21.5 Å². The van der Waals surface area contributed by atoms with Crippen molar-refractivity contribution in [3.05, 3.63) is 62.4 Å². The third-order valence-electron chi connectivity index (χ3n) is 10.3. The minimum absolute atomic E-state index is 0.0411. The molecule has 2 aromatic carbocycles. The molecular formula is C33H41Cl2N7O3. The van der Waals surface area contributed by atoms with Gasteiger partial charge < -0.3 is 26.0 Å². The third-order valence-corrected chi connectivity index (χ3v) is 10.9. The van der Waals surface area contributed by atoms with Gasteiger partial charge in [0.15, 0.2) is 5.96 Å². The maximum atomic E-state index is 13.8. The van der Waals surface area contributed by atoms with Crippen LogP contribution in [-0.4, -0.2) is 70.3 Å². The molecule has 2 bridgehead atoms. The summed E-state index contributed by atoms with van der Waals surface area (Å²) < 4.78 is 1.54. The summed E-state index contributed by atoms with van der Waals surface area (Å²) in [6.07, 6.45) is 2.44. The van der Waals surface area contributed by atoms with Gasteiger partial charge >= 0.3 is 0 Å². The fourth-order valence-corrected chi connectivity index (χ4v) is 7.75. The lowest BCUT2D eigenvalue weighted by Crippen LogP contribution is -2.58. The Bertz CT molecular complexity index is 1700. The number of carbonyl (C=O) groups excluding carboxylic acids is 1. The molecule has 1 saturated heterocycles. The topological polar surface area (TPSA) is 124 Å². The maximum Gasteiger partial charge on any atom is 0.262 e. The number of aliphatic hydroxyl groups is 1. The second-order valence-electron chi connectivity index (χ2n) is 13.3. The lowest BCUT2D eigenvalue weighted by atomic mass is 9.45. The molecule has 45 heavy (non-hydrogen) atoms. The largest absolute Gasteiger partial charge is 0.389 e. The summed E-state index contributed by atoms with van der Waals surface area (Å²) in [4.78, 5) is 38.0. The second-order valence-corrected chi connectivity index (χ2v) is 14.1. The molecule has 1 aromatic heterocycles. The molecule has 10 nitrogen and oxygen atoms in total. The Morgan fingerprint density at radius 3 is 2.60 bits per heavy atom. The molecule has 1 amide bonds. The number of β-amino-alcohol motifs (C(OH)–C–C–N with tert-alkyl or cyclic N) is 1. The first kappa shape index (κ1) is 31.6. The summed E-state index contributed by atoms with van der Waals surface area (Å²) in [5, 5.41) is 20.7. The average Bonchev–Trinajstić information content (AvgIpc) is 2.98. The van der Waals surface area contributed by atoms with Crippen molar-refractivity contribution in [1.82, 2.24) is 19.8 Å². The number of anilines is 2. The highest BCUT2D eigenvalue weighted by Gasteiger charge is 2.56. The number of hydrogen-bond donors (Lipinski definition) is 4. The summed E-state index contributed by atoms with van der Waals surface area (Å²) in [6, 6.07) is 11.0. The van der Waals surface area contributed by atoms with Crippen LogP contribution in [0.5, 0.6) is 0 Å². The zero-order valence-electron chi connectivity index (χ0n) is 26.1. The van der Waals surface area contributed by atoms with Crippen LogP contribution in [0.25, 0.3) is 10.9 Å². The van der Waals surface area contributed by atoms with Gasteiger partial charge in [-0.15, -0.1) is 0 Å². The predicted molar refractivity (Wildman–Crippen MR) is 180 cm³/mol. The number of aliphatic hydroxyl groups excluding tert-OH is 1. The van der Waals surface area contributed by atoms with E-state index in [1.165, 1.54) is 11.0 Å². The van der Waals surface area contributed by atoms with Crippen molar-refractivity contribution in [3.63, 3.8) is 0 Å². The van der Waals surface area contributed by atoms with E-state index in [2.05, 4.69) is 41.6 Å². The number of nitrogens with zero attached hydrogens (tertiary/aromatic N) is 4. The van der Waals surface area contributed by atoms with Crippen molar-refractivity contribution in [3.8, 4) is 0 Å². The minimum Gasteiger partial charge on any atom is -0.389 e. The Morgan fingerprint density at radius 2 is 1.93 bits per heavy atom. The van der Waals surface area contributed by atoms with E-state index in [1.807, 2.05) is 18.2 Å². The molecular weight excluding hydrogens is 613 g/mol. The molecule has 1 unspecified atom stereocenters. The van der Waals surface area contributed by atoms with Crippen LogP contribution in [0.3, 0.4) is 0 Å². The van der Waals surface area contributed by atoms with Gasteiger partial charge in [-0.05, 0) is 78.3 Å². The number of halogens is 2. The van der Waals surface area contributed by atoms with E-state index in [0.717, 1.165) is 23.6 Å². The molecule has 3 aliphatic carbocycles. The normalized spacial score (nSPS) is 24.2. The average molecular weight is 655 g/mol. The minimum atomic E-state index is -0.374. The molecule has 4 aliphatic rings. The first-order valence-corrected chi connectivity index (χ1v) is 16.4. The van der Waals surface area contributed by atoms with Crippen molar-refractivity contribution < 1.29 is 9.90 Å². The third kappa shape index (κ3) is 6.24. The maximum absolute atomic E-state index is 13.8. The van der Waals surface area contributed by atoms with Crippen molar-refractivity contribution in [2.45, 2.75) is 58.7 Å². The van der Waals surface area contributed by atoms with E-state index >= 15 is 0 Å². The summed E-state index contributed by atoms with van der Waals surface area (Å²) in [6.45, 7) is 8.38. The Morgan fingerprint density at radius 1 is 1.16 bits per heavy atom. The molecule has 7 rings (SSSR count). The molecule has 1 aliphatic heterocycles. The van der Waals surface area contributed by atoms with Gasteiger partial charge in [0.25, 0.3) is 5.56 Å². The Labute approximate surface area is 273 Å². The molecule has 240 valence electrons. The number of benzene rings is 2. The summed E-state index contributed by atoms with van der Waals surface area (Å²) >= 11 is 12.5. The first-order chi connectivity index (χ1) is 21.4. The standard InChI is InChI=1S/C33H41Cl2N7O3/c1-18-25-11-20(33(25,2)3)12-27(18)39-32(41-16-23(43)17-41)38-22-7-8-24-28(14-22)40-31(37-15-29(44)36-4)42(30(24)45)10-9-19-5-6-21(34)13-26(19)35/h5-8,13-14,18,20,23,25,27,43H,9-12,15-17H2,1-4H3,(H,36,44)(H,37,40)(H,38,39)/t18-,20-,25+,27?/m0/s1. The van der Waals surface area contributed by atoms with Crippen LogP contribution in [0.2, 0.25) is 10.0 Å². The fourth-order valence-electron chi connectivity index (χ4n) is 7.25. The molecule has 3 saturated carbocycles. The number of nitrogens with one attached hydrogen (secondary N) is 3. The SMILES string of the molecule is CNC(=O)CNc1nc2cc(NC(=NC3C[C@@H]4C[C@H]([C@@H]3C)C4(C)C)N3CC(O)C3)ccc2c(=O)n1CCc1ccc(Cl)cc1Cl. The number of carbonyl (C=O) groups is 1. The van der Waals surface area contributed by atoms with Gasteiger partial charge in [-0.25, -0.2) is 9.98 Å². The lowest BCUT2D eigenvalue weighted by molar-refractivity contribution is -0.118. The number of aryl methyl sites for hydroxylation is 1. The Hall–Kier alpha value is -3.34. The summed E-state index contributed by atoms with van der Waals surface area (Å²) in [5.41, 5.74) is 2.22. The van der Waals surface area contributed by atoms with Crippen LogP contribution in [0.4, 0.5) is 11.6 Å². The van der Waals surface area contributed by atoms with E-state index in [4.69, 9.17) is 33.2 Å². The van der Waals surface area contributed by atoms with Crippen molar-refractivity contribution in [2.75, 3.05) is 37.3 Å². The fraction of sp³-hybridized carbons (Fsp3) is 0.515. The quantitative estimate of drug-likeness (QED) is 0.207. The predicted octanol–water partition coefficient (Wildman–Crippen LogP) is 4.62. The first-order valence-electron chi connectivity index (χ1n) is 15.7. The number of amides is 1. The number of rotatable bonds is 8. The van der Waals surface area contributed by atoms with E-state index in [0.29, 0.717) is 70.2 Å².